The van der Waals surface area contributed by atoms with Crippen molar-refractivity contribution in [1.29, 1.82) is 0 Å². The molecule has 1 aromatic heterocycles. The van der Waals surface area contributed by atoms with Gasteiger partial charge in [0.1, 0.15) is 0 Å². The zero-order chi connectivity index (χ0) is 12.1. The van der Waals surface area contributed by atoms with Gasteiger partial charge < -0.3 is 5.32 Å². The summed E-state index contributed by atoms with van der Waals surface area (Å²) in [6.45, 7) is 0.0605. The monoisotopic (exact) mass is 230 g/mol. The minimum absolute atomic E-state index is 0.0587. The number of aromatic nitrogens is 1. The molecule has 4 heteroatoms. The van der Waals surface area contributed by atoms with Crippen molar-refractivity contribution in [3.8, 4) is 0 Å². The highest BCUT2D eigenvalue weighted by Crippen LogP contribution is 2.08. The Balaban J connectivity index is 2.01. The average molecular weight is 230 g/mol. The quantitative estimate of drug-likeness (QED) is 0.820. The number of carbonyl (C=O) groups is 1. The summed E-state index contributed by atoms with van der Waals surface area (Å²) in [5, 5.41) is 2.93. The van der Waals surface area contributed by atoms with Gasteiger partial charge in [-0.2, -0.15) is 0 Å². The normalized spacial score (nSPS) is 9.94. The van der Waals surface area contributed by atoms with Crippen molar-refractivity contribution < 1.29 is 9.18 Å². The van der Waals surface area contributed by atoms with Crippen LogP contribution in [0, 0.1) is 5.82 Å². The lowest BCUT2D eigenvalue weighted by Gasteiger charge is -2.05. The van der Waals surface area contributed by atoms with Gasteiger partial charge in [-0.15, -0.1) is 0 Å². The number of nitrogens with zero attached hydrogens (tertiary/aromatic N) is 1. The van der Waals surface area contributed by atoms with E-state index in [1.165, 1.54) is 12.3 Å². The van der Waals surface area contributed by atoms with E-state index < -0.39 is 5.82 Å². The number of para-hydroxylation sites is 1. The lowest BCUT2D eigenvalue weighted by Crippen LogP contribution is -2.15. The summed E-state index contributed by atoms with van der Waals surface area (Å²) in [6.07, 6.45) is 2.44. The highest BCUT2D eigenvalue weighted by Gasteiger charge is 2.10. The summed E-state index contributed by atoms with van der Waals surface area (Å²) >= 11 is 0. The van der Waals surface area contributed by atoms with Gasteiger partial charge in [0.2, 0.25) is 0 Å². The number of halogens is 1. The molecular formula is C13H11FN2O. The molecule has 0 aliphatic carbocycles. The van der Waals surface area contributed by atoms with E-state index in [-0.39, 0.29) is 17.9 Å². The number of nitrogens with one attached hydrogen (secondary N) is 1. The van der Waals surface area contributed by atoms with E-state index in [2.05, 4.69) is 10.3 Å². The van der Waals surface area contributed by atoms with E-state index in [0.29, 0.717) is 0 Å². The van der Waals surface area contributed by atoms with Gasteiger partial charge in [-0.25, -0.2) is 4.39 Å². The lowest BCUT2D eigenvalue weighted by molar-refractivity contribution is 0.100. The summed E-state index contributed by atoms with van der Waals surface area (Å²) in [5.41, 5.74) is 0.888. The van der Waals surface area contributed by atoms with Gasteiger partial charge in [0.05, 0.1) is 18.3 Å². The van der Waals surface area contributed by atoms with Crippen LogP contribution in [-0.2, 0) is 0 Å². The highest BCUT2D eigenvalue weighted by molar-refractivity contribution is 5.99. The first-order valence-corrected chi connectivity index (χ1v) is 5.19. The molecule has 0 unspecified atom stereocenters. The van der Waals surface area contributed by atoms with Crippen molar-refractivity contribution in [2.75, 3.05) is 11.9 Å². The molecule has 0 fully saturated rings. The SMILES string of the molecule is O=C(CNc1ccccc1)c1ccncc1F. The van der Waals surface area contributed by atoms with Crippen LogP contribution < -0.4 is 5.32 Å². The molecule has 0 radical (unpaired) electrons. The maximum absolute atomic E-state index is 13.3. The van der Waals surface area contributed by atoms with Crippen molar-refractivity contribution in [2.45, 2.75) is 0 Å². The van der Waals surface area contributed by atoms with E-state index in [1.807, 2.05) is 30.3 Å². The Kier molecular flexibility index (Phi) is 3.45. The van der Waals surface area contributed by atoms with Crippen LogP contribution in [0.4, 0.5) is 10.1 Å². The second-order valence-electron chi connectivity index (χ2n) is 3.50. The third-order valence-electron chi connectivity index (χ3n) is 2.30. The van der Waals surface area contributed by atoms with Crippen molar-refractivity contribution in [3.63, 3.8) is 0 Å². The first-order valence-electron chi connectivity index (χ1n) is 5.19. The van der Waals surface area contributed by atoms with E-state index >= 15 is 0 Å². The minimum Gasteiger partial charge on any atom is -0.378 e. The molecule has 86 valence electrons. The smallest absolute Gasteiger partial charge is 0.184 e. The van der Waals surface area contributed by atoms with Gasteiger partial charge in [-0.1, -0.05) is 18.2 Å². The second kappa shape index (κ2) is 5.21. The van der Waals surface area contributed by atoms with Crippen LogP contribution in [0.15, 0.2) is 48.8 Å². The fourth-order valence-electron chi connectivity index (χ4n) is 1.43. The summed E-state index contributed by atoms with van der Waals surface area (Å²) in [6, 6.07) is 10.7. The van der Waals surface area contributed by atoms with Gasteiger partial charge in [0, 0.05) is 11.9 Å². The van der Waals surface area contributed by atoms with E-state index in [9.17, 15) is 9.18 Å². The van der Waals surface area contributed by atoms with Crippen molar-refractivity contribution in [1.82, 2.24) is 4.98 Å². The standard InChI is InChI=1S/C13H11FN2O/c14-12-8-15-7-6-11(12)13(17)9-16-10-4-2-1-3-5-10/h1-8,16H,9H2. The van der Waals surface area contributed by atoms with Gasteiger partial charge in [0.25, 0.3) is 0 Å². The predicted octanol–water partition coefficient (Wildman–Crippen LogP) is 2.52. The first kappa shape index (κ1) is 11.3. The molecule has 3 nitrogen and oxygen atoms in total. The topological polar surface area (TPSA) is 42.0 Å². The first-order chi connectivity index (χ1) is 8.27. The lowest BCUT2D eigenvalue weighted by atomic mass is 10.1. The second-order valence-corrected chi connectivity index (χ2v) is 3.50. The van der Waals surface area contributed by atoms with Crippen molar-refractivity contribution >= 4 is 11.5 Å². The van der Waals surface area contributed by atoms with E-state index in [0.717, 1.165) is 11.9 Å². The zero-order valence-corrected chi connectivity index (χ0v) is 9.06. The molecule has 0 saturated carbocycles. The van der Waals surface area contributed by atoms with Crippen LogP contribution in [-0.4, -0.2) is 17.3 Å². The zero-order valence-electron chi connectivity index (χ0n) is 9.06. The summed E-state index contributed by atoms with van der Waals surface area (Å²) < 4.78 is 13.3. The third kappa shape index (κ3) is 2.87. The van der Waals surface area contributed by atoms with Gasteiger partial charge in [-0.3, -0.25) is 9.78 Å². The van der Waals surface area contributed by atoms with Crippen LogP contribution in [0.3, 0.4) is 0 Å². The molecule has 0 atom stereocenters. The largest absolute Gasteiger partial charge is 0.378 e. The molecule has 0 bridgehead atoms. The van der Waals surface area contributed by atoms with E-state index in [4.69, 9.17) is 0 Å². The number of benzene rings is 1. The highest BCUT2D eigenvalue weighted by atomic mass is 19.1. The Morgan fingerprint density at radius 1 is 1.24 bits per heavy atom. The Morgan fingerprint density at radius 3 is 2.71 bits per heavy atom. The number of carbonyl (C=O) groups excluding carboxylic acids is 1. The number of Topliss-reactive ketones (excluding diaryl/α,β-unsaturated/α-hetero) is 1. The van der Waals surface area contributed by atoms with Gasteiger partial charge >= 0.3 is 0 Å². The number of ketones is 1. The van der Waals surface area contributed by atoms with Crippen LogP contribution in [0.2, 0.25) is 0 Å². The van der Waals surface area contributed by atoms with Gasteiger partial charge in [0.15, 0.2) is 11.6 Å². The molecule has 17 heavy (non-hydrogen) atoms. The molecule has 2 rings (SSSR count). The predicted molar refractivity (Wildman–Crippen MR) is 63.5 cm³/mol. The molecule has 0 saturated heterocycles. The number of anilines is 1. The summed E-state index contributed by atoms with van der Waals surface area (Å²) in [4.78, 5) is 15.3. The molecule has 1 N–H and O–H groups in total. The minimum atomic E-state index is -0.590. The Labute approximate surface area is 98.3 Å². The van der Waals surface area contributed by atoms with E-state index in [1.54, 1.807) is 0 Å². The average Bonchev–Trinajstić information content (AvgIpc) is 2.38. The van der Waals surface area contributed by atoms with Crippen LogP contribution >= 0.6 is 0 Å². The molecule has 1 heterocycles. The maximum atomic E-state index is 13.3. The molecular weight excluding hydrogens is 219 g/mol. The van der Waals surface area contributed by atoms with Crippen molar-refractivity contribution in [2.24, 2.45) is 0 Å². The fraction of sp³-hybridized carbons (Fsp3) is 0.0769. The molecule has 2 aromatic rings. The third-order valence-corrected chi connectivity index (χ3v) is 2.30. The summed E-state index contributed by atoms with van der Waals surface area (Å²) in [7, 11) is 0. The Morgan fingerprint density at radius 2 is 2.00 bits per heavy atom. The molecule has 1 aromatic carbocycles. The van der Waals surface area contributed by atoms with Crippen LogP contribution in [0.1, 0.15) is 10.4 Å². The number of hydrogen-bond acceptors (Lipinski definition) is 3. The van der Waals surface area contributed by atoms with Gasteiger partial charge in [-0.05, 0) is 18.2 Å². The number of rotatable bonds is 4. The molecule has 0 spiro atoms. The molecule has 0 aliphatic rings. The fourth-order valence-corrected chi connectivity index (χ4v) is 1.43. The summed E-state index contributed by atoms with van der Waals surface area (Å²) in [5.74, 6) is -0.888. The maximum Gasteiger partial charge on any atom is 0.184 e. The Bertz CT molecular complexity index is 514. The molecule has 0 aliphatic heterocycles. The van der Waals surface area contributed by atoms with Crippen molar-refractivity contribution in [3.05, 3.63) is 60.2 Å². The number of pyridine rings is 1. The Hall–Kier alpha value is -2.23. The van der Waals surface area contributed by atoms with Crippen LogP contribution in [0.5, 0.6) is 0 Å². The number of hydrogen-bond donors (Lipinski definition) is 1. The molecule has 0 amide bonds. The van der Waals surface area contributed by atoms with Crippen LogP contribution in [0.25, 0.3) is 0 Å².